The van der Waals surface area contributed by atoms with E-state index in [4.69, 9.17) is 10.5 Å². The number of unbranched alkanes of at least 4 members (excludes halogenated alkanes) is 1. The molecule has 2 nitrogen and oxygen atoms in total. The van der Waals surface area contributed by atoms with Gasteiger partial charge in [0.05, 0.1) is 0 Å². The molecule has 0 aromatic heterocycles. The molecule has 2 rings (SSSR count). The van der Waals surface area contributed by atoms with E-state index in [9.17, 15) is 0 Å². The van der Waals surface area contributed by atoms with Gasteiger partial charge in [0.25, 0.3) is 0 Å². The molecule has 2 N–H and O–H groups in total. The third-order valence-corrected chi connectivity index (χ3v) is 3.19. The average Bonchev–Trinajstić information content (AvgIpc) is 2.43. The number of hydrogen-bond acceptors (Lipinski definition) is 2. The molecule has 0 aliphatic heterocycles. The zero-order valence-electron chi connectivity index (χ0n) is 11.4. The molecule has 0 saturated carbocycles. The topological polar surface area (TPSA) is 35.2 Å². The van der Waals surface area contributed by atoms with E-state index in [2.05, 4.69) is 19.1 Å². The van der Waals surface area contributed by atoms with Crippen molar-refractivity contribution in [2.75, 3.05) is 6.54 Å². The maximum absolute atomic E-state index is 5.82. The highest BCUT2D eigenvalue weighted by Crippen LogP contribution is 2.24. The van der Waals surface area contributed by atoms with Gasteiger partial charge in [-0.15, -0.1) is 0 Å². The minimum absolute atomic E-state index is 0.772. The minimum atomic E-state index is 0.772. The zero-order chi connectivity index (χ0) is 13.5. The Hall–Kier alpha value is -1.80. The van der Waals surface area contributed by atoms with E-state index in [-0.39, 0.29) is 0 Å². The van der Waals surface area contributed by atoms with Gasteiger partial charge < -0.3 is 10.5 Å². The van der Waals surface area contributed by atoms with Gasteiger partial charge in [0.15, 0.2) is 0 Å². The first-order chi connectivity index (χ1) is 9.29. The summed E-state index contributed by atoms with van der Waals surface area (Å²) in [6.45, 7) is 2.91. The summed E-state index contributed by atoms with van der Waals surface area (Å²) >= 11 is 0. The first kappa shape index (κ1) is 13.6. The fourth-order valence-electron chi connectivity index (χ4n) is 2.10. The van der Waals surface area contributed by atoms with Crippen molar-refractivity contribution >= 4 is 0 Å². The van der Waals surface area contributed by atoms with Crippen molar-refractivity contribution in [2.45, 2.75) is 26.2 Å². The molecule has 0 fully saturated rings. The van der Waals surface area contributed by atoms with Crippen LogP contribution < -0.4 is 10.5 Å². The summed E-state index contributed by atoms with van der Waals surface area (Å²) in [5.41, 5.74) is 8.19. The van der Waals surface area contributed by atoms with Crippen molar-refractivity contribution in [3.63, 3.8) is 0 Å². The molecule has 2 aromatic rings. The lowest BCUT2D eigenvalue weighted by molar-refractivity contribution is 0.482. The van der Waals surface area contributed by atoms with Crippen LogP contribution in [0.4, 0.5) is 0 Å². The van der Waals surface area contributed by atoms with Crippen LogP contribution in [0, 0.1) is 6.92 Å². The second-order valence-electron chi connectivity index (χ2n) is 4.75. The zero-order valence-corrected chi connectivity index (χ0v) is 11.4. The van der Waals surface area contributed by atoms with Crippen molar-refractivity contribution in [1.29, 1.82) is 0 Å². The Labute approximate surface area is 115 Å². The second kappa shape index (κ2) is 6.95. The maximum atomic E-state index is 5.82. The molecule has 19 heavy (non-hydrogen) atoms. The molecule has 0 atom stereocenters. The Morgan fingerprint density at radius 2 is 1.74 bits per heavy atom. The summed E-state index contributed by atoms with van der Waals surface area (Å²) < 4.78 is 5.82. The molecule has 2 heteroatoms. The number of nitrogens with two attached hydrogens (primary N) is 1. The quantitative estimate of drug-likeness (QED) is 0.790. The van der Waals surface area contributed by atoms with Crippen LogP contribution >= 0.6 is 0 Å². The summed E-state index contributed by atoms with van der Waals surface area (Å²) in [6, 6.07) is 16.2. The van der Waals surface area contributed by atoms with Crippen LogP contribution in [0.25, 0.3) is 0 Å². The Morgan fingerprint density at radius 3 is 2.42 bits per heavy atom. The molecule has 0 bridgehead atoms. The van der Waals surface area contributed by atoms with Crippen molar-refractivity contribution in [3.8, 4) is 11.5 Å². The van der Waals surface area contributed by atoms with Crippen LogP contribution in [0.2, 0.25) is 0 Å². The molecule has 0 heterocycles. The lowest BCUT2D eigenvalue weighted by atomic mass is 10.0. The van der Waals surface area contributed by atoms with E-state index < -0.39 is 0 Å². The van der Waals surface area contributed by atoms with Crippen molar-refractivity contribution in [1.82, 2.24) is 0 Å². The predicted octanol–water partition coefficient (Wildman–Crippen LogP) is 4.07. The lowest BCUT2D eigenvalue weighted by Crippen LogP contribution is -1.99. The van der Waals surface area contributed by atoms with Crippen molar-refractivity contribution in [3.05, 3.63) is 59.7 Å². The van der Waals surface area contributed by atoms with Gasteiger partial charge in [-0.3, -0.25) is 0 Å². The molecule has 0 amide bonds. The van der Waals surface area contributed by atoms with E-state index in [1.54, 1.807) is 0 Å². The SMILES string of the molecule is Cc1cc(Oc2ccccc2)ccc1CCCCN. The van der Waals surface area contributed by atoms with Gasteiger partial charge >= 0.3 is 0 Å². The minimum Gasteiger partial charge on any atom is -0.457 e. The Bertz CT molecular complexity index is 508. The molecule has 0 radical (unpaired) electrons. The van der Waals surface area contributed by atoms with Gasteiger partial charge in [0.2, 0.25) is 0 Å². The highest BCUT2D eigenvalue weighted by molar-refractivity contribution is 5.37. The summed E-state index contributed by atoms with van der Waals surface area (Å²) in [5, 5.41) is 0. The Balaban J connectivity index is 2.02. The highest BCUT2D eigenvalue weighted by Gasteiger charge is 2.02. The van der Waals surface area contributed by atoms with E-state index in [1.165, 1.54) is 11.1 Å². The number of aryl methyl sites for hydroxylation is 2. The summed E-state index contributed by atoms with van der Waals surface area (Å²) in [5.74, 6) is 1.77. The molecule has 0 aliphatic carbocycles. The first-order valence-electron chi connectivity index (χ1n) is 6.82. The number of benzene rings is 2. The molecular formula is C17H21NO. The van der Waals surface area contributed by atoms with Gasteiger partial charge in [-0.05, 0) is 68.1 Å². The van der Waals surface area contributed by atoms with Gasteiger partial charge in [-0.1, -0.05) is 24.3 Å². The van der Waals surface area contributed by atoms with Gasteiger partial charge in [-0.25, -0.2) is 0 Å². The normalized spacial score (nSPS) is 10.4. The average molecular weight is 255 g/mol. The molecule has 0 unspecified atom stereocenters. The fraction of sp³-hybridized carbons (Fsp3) is 0.294. The monoisotopic (exact) mass is 255 g/mol. The predicted molar refractivity (Wildman–Crippen MR) is 79.7 cm³/mol. The maximum Gasteiger partial charge on any atom is 0.127 e. The second-order valence-corrected chi connectivity index (χ2v) is 4.75. The molecule has 0 saturated heterocycles. The van der Waals surface area contributed by atoms with Crippen LogP contribution in [0.5, 0.6) is 11.5 Å². The first-order valence-corrected chi connectivity index (χ1v) is 6.82. The van der Waals surface area contributed by atoms with Gasteiger partial charge in [0.1, 0.15) is 11.5 Å². The fourth-order valence-corrected chi connectivity index (χ4v) is 2.10. The number of hydrogen-bond donors (Lipinski definition) is 1. The third-order valence-electron chi connectivity index (χ3n) is 3.19. The molecule has 0 spiro atoms. The molecule has 2 aromatic carbocycles. The standard InChI is InChI=1S/C17H21NO/c1-14-13-17(19-16-8-3-2-4-9-16)11-10-15(14)7-5-6-12-18/h2-4,8-11,13H,5-7,12,18H2,1H3. The van der Waals surface area contributed by atoms with Crippen LogP contribution in [-0.4, -0.2) is 6.54 Å². The van der Waals surface area contributed by atoms with Crippen molar-refractivity contribution < 1.29 is 4.74 Å². The van der Waals surface area contributed by atoms with E-state index >= 15 is 0 Å². The summed E-state index contributed by atoms with van der Waals surface area (Å²) in [4.78, 5) is 0. The van der Waals surface area contributed by atoms with E-state index in [1.807, 2.05) is 36.4 Å². The summed E-state index contributed by atoms with van der Waals surface area (Å²) in [7, 11) is 0. The Morgan fingerprint density at radius 1 is 0.947 bits per heavy atom. The van der Waals surface area contributed by atoms with Crippen LogP contribution in [-0.2, 0) is 6.42 Å². The van der Waals surface area contributed by atoms with E-state index in [0.29, 0.717) is 0 Å². The summed E-state index contributed by atoms with van der Waals surface area (Å²) in [6.07, 6.45) is 3.33. The smallest absolute Gasteiger partial charge is 0.127 e. The lowest BCUT2D eigenvalue weighted by Gasteiger charge is -2.10. The Kier molecular flexibility index (Phi) is 4.99. The van der Waals surface area contributed by atoms with Crippen LogP contribution in [0.15, 0.2) is 48.5 Å². The van der Waals surface area contributed by atoms with Crippen LogP contribution in [0.1, 0.15) is 24.0 Å². The van der Waals surface area contributed by atoms with Gasteiger partial charge in [-0.2, -0.15) is 0 Å². The van der Waals surface area contributed by atoms with Gasteiger partial charge in [0, 0.05) is 0 Å². The number of para-hydroxylation sites is 1. The molecular weight excluding hydrogens is 234 g/mol. The third kappa shape index (κ3) is 4.11. The molecule has 100 valence electrons. The number of rotatable bonds is 6. The van der Waals surface area contributed by atoms with E-state index in [0.717, 1.165) is 37.3 Å². The highest BCUT2D eigenvalue weighted by atomic mass is 16.5. The molecule has 0 aliphatic rings. The number of ether oxygens (including phenoxy) is 1. The van der Waals surface area contributed by atoms with Crippen molar-refractivity contribution in [2.24, 2.45) is 5.73 Å². The largest absolute Gasteiger partial charge is 0.457 e. The van der Waals surface area contributed by atoms with Crippen LogP contribution in [0.3, 0.4) is 0 Å².